The molecule has 104 valence electrons. The molecule has 5 nitrogen and oxygen atoms in total. The van der Waals surface area contributed by atoms with Crippen molar-refractivity contribution in [3.63, 3.8) is 0 Å². The van der Waals surface area contributed by atoms with Crippen molar-refractivity contribution < 1.29 is 4.79 Å². The number of pyridine rings is 1. The van der Waals surface area contributed by atoms with Crippen molar-refractivity contribution in [2.75, 3.05) is 10.6 Å². The smallest absolute Gasteiger partial charge is 0.323 e. The van der Waals surface area contributed by atoms with Crippen molar-refractivity contribution in [1.82, 2.24) is 4.98 Å². The summed E-state index contributed by atoms with van der Waals surface area (Å²) in [5.74, 6) is 0. The zero-order chi connectivity index (χ0) is 14.5. The lowest BCUT2D eigenvalue weighted by Crippen LogP contribution is -2.20. The van der Waals surface area contributed by atoms with Crippen LogP contribution in [0.5, 0.6) is 0 Å². The Morgan fingerprint density at radius 1 is 1.20 bits per heavy atom. The van der Waals surface area contributed by atoms with E-state index in [9.17, 15) is 4.79 Å². The average Bonchev–Trinajstić information content (AvgIpc) is 2.42. The van der Waals surface area contributed by atoms with E-state index in [4.69, 9.17) is 5.73 Å². The summed E-state index contributed by atoms with van der Waals surface area (Å²) in [4.78, 5) is 16.0. The van der Waals surface area contributed by atoms with Gasteiger partial charge in [0.05, 0.1) is 11.4 Å². The molecule has 4 N–H and O–H groups in total. The molecule has 2 rings (SSSR count). The Balaban J connectivity index is 1.99. The first kappa shape index (κ1) is 14.0. The highest BCUT2D eigenvalue weighted by Gasteiger charge is 2.05. The van der Waals surface area contributed by atoms with Gasteiger partial charge in [0.25, 0.3) is 0 Å². The van der Waals surface area contributed by atoms with Gasteiger partial charge in [-0.15, -0.1) is 0 Å². The molecule has 1 atom stereocenters. The van der Waals surface area contributed by atoms with E-state index in [1.54, 1.807) is 18.3 Å². The zero-order valence-corrected chi connectivity index (χ0v) is 11.6. The van der Waals surface area contributed by atoms with Crippen molar-refractivity contribution in [3.8, 4) is 0 Å². The lowest BCUT2D eigenvalue weighted by Gasteiger charge is -2.10. The van der Waals surface area contributed by atoms with Crippen molar-refractivity contribution in [3.05, 3.63) is 53.9 Å². The lowest BCUT2D eigenvalue weighted by atomic mass is 10.1. The van der Waals surface area contributed by atoms with Crippen LogP contribution in [0.1, 0.15) is 24.2 Å². The molecule has 0 saturated heterocycles. The fourth-order valence-corrected chi connectivity index (χ4v) is 1.77. The largest absolute Gasteiger partial charge is 0.324 e. The molecular weight excluding hydrogens is 252 g/mol. The van der Waals surface area contributed by atoms with E-state index in [2.05, 4.69) is 15.6 Å². The summed E-state index contributed by atoms with van der Waals surface area (Å²) >= 11 is 0. The number of amides is 2. The minimum atomic E-state index is -0.297. The molecule has 0 spiro atoms. The minimum Gasteiger partial charge on any atom is -0.324 e. The Kier molecular flexibility index (Phi) is 4.32. The lowest BCUT2D eigenvalue weighted by molar-refractivity contribution is 0.262. The van der Waals surface area contributed by atoms with E-state index >= 15 is 0 Å². The van der Waals surface area contributed by atoms with Crippen molar-refractivity contribution in [2.24, 2.45) is 5.73 Å². The number of urea groups is 1. The number of nitrogens with two attached hydrogens (primary N) is 1. The third kappa shape index (κ3) is 3.55. The molecule has 0 aliphatic rings. The van der Waals surface area contributed by atoms with Gasteiger partial charge < -0.3 is 16.4 Å². The van der Waals surface area contributed by atoms with Gasteiger partial charge in [0.15, 0.2) is 0 Å². The second kappa shape index (κ2) is 6.16. The van der Waals surface area contributed by atoms with Crippen molar-refractivity contribution >= 4 is 17.4 Å². The number of aromatic nitrogens is 1. The molecule has 1 heterocycles. The quantitative estimate of drug-likeness (QED) is 0.802. The number of aryl methyl sites for hydroxylation is 1. The van der Waals surface area contributed by atoms with Crippen molar-refractivity contribution in [2.45, 2.75) is 19.9 Å². The summed E-state index contributed by atoms with van der Waals surface area (Å²) in [5, 5.41) is 5.52. The fraction of sp³-hybridized carbons (Fsp3) is 0.200. The second-order valence-electron chi connectivity index (χ2n) is 4.63. The predicted molar refractivity (Wildman–Crippen MR) is 80.7 cm³/mol. The molecule has 2 aromatic rings. The van der Waals surface area contributed by atoms with Crippen LogP contribution < -0.4 is 16.4 Å². The second-order valence-corrected chi connectivity index (χ2v) is 4.63. The van der Waals surface area contributed by atoms with Gasteiger partial charge in [-0.25, -0.2) is 4.79 Å². The number of nitrogens with one attached hydrogen (secondary N) is 2. The van der Waals surface area contributed by atoms with E-state index in [1.165, 1.54) is 0 Å². The van der Waals surface area contributed by atoms with Gasteiger partial charge >= 0.3 is 6.03 Å². The third-order valence-corrected chi connectivity index (χ3v) is 2.95. The number of carbonyl (C=O) groups excluding carboxylic acids is 1. The highest BCUT2D eigenvalue weighted by atomic mass is 16.2. The van der Waals surface area contributed by atoms with E-state index in [0.717, 1.165) is 11.3 Å². The molecule has 20 heavy (non-hydrogen) atoms. The topological polar surface area (TPSA) is 80.0 Å². The van der Waals surface area contributed by atoms with Gasteiger partial charge in [0.1, 0.15) is 0 Å². The molecule has 0 aliphatic carbocycles. The minimum absolute atomic E-state index is 0.0177. The van der Waals surface area contributed by atoms with Crippen LogP contribution in [0.3, 0.4) is 0 Å². The van der Waals surface area contributed by atoms with Crippen LogP contribution in [0, 0.1) is 6.92 Å². The fourth-order valence-electron chi connectivity index (χ4n) is 1.77. The Bertz CT molecular complexity index is 593. The van der Waals surface area contributed by atoms with E-state index in [0.29, 0.717) is 11.4 Å². The highest BCUT2D eigenvalue weighted by Crippen LogP contribution is 2.15. The molecule has 0 aliphatic heterocycles. The van der Waals surface area contributed by atoms with Gasteiger partial charge in [-0.1, -0.05) is 12.1 Å². The summed E-state index contributed by atoms with van der Waals surface area (Å²) in [6.07, 6.45) is 1.69. The standard InChI is InChI=1S/C15H18N4O/c1-10(16)12-5-7-13(8-6-12)18-15(20)19-14-4-3-9-17-11(14)2/h3-10H,16H2,1-2H3,(H2,18,19,20). The molecule has 1 aromatic heterocycles. The third-order valence-electron chi connectivity index (χ3n) is 2.95. The maximum absolute atomic E-state index is 11.9. The first-order valence-electron chi connectivity index (χ1n) is 6.41. The van der Waals surface area contributed by atoms with Crippen LogP contribution in [0.4, 0.5) is 16.2 Å². The number of hydrogen-bond acceptors (Lipinski definition) is 3. The first-order valence-corrected chi connectivity index (χ1v) is 6.41. The summed E-state index contributed by atoms with van der Waals surface area (Å²) in [6.45, 7) is 3.76. The number of benzene rings is 1. The number of carbonyl (C=O) groups is 1. The Morgan fingerprint density at radius 3 is 2.50 bits per heavy atom. The molecule has 0 saturated carbocycles. The summed E-state index contributed by atoms with van der Waals surface area (Å²) < 4.78 is 0. The molecule has 1 aromatic carbocycles. The summed E-state index contributed by atoms with van der Waals surface area (Å²) in [7, 11) is 0. The van der Waals surface area contributed by atoms with Crippen LogP contribution in [0.15, 0.2) is 42.6 Å². The Labute approximate surface area is 118 Å². The molecule has 5 heteroatoms. The molecule has 1 unspecified atom stereocenters. The number of nitrogens with zero attached hydrogens (tertiary/aromatic N) is 1. The van der Waals surface area contributed by atoms with E-state index in [1.807, 2.05) is 38.1 Å². The van der Waals surface area contributed by atoms with E-state index in [-0.39, 0.29) is 12.1 Å². The highest BCUT2D eigenvalue weighted by molar-refractivity contribution is 6.00. The van der Waals surface area contributed by atoms with Gasteiger partial charge in [-0.05, 0) is 43.7 Å². The van der Waals surface area contributed by atoms with Crippen LogP contribution in [-0.4, -0.2) is 11.0 Å². The average molecular weight is 270 g/mol. The van der Waals surface area contributed by atoms with E-state index < -0.39 is 0 Å². The first-order chi connectivity index (χ1) is 9.56. The SMILES string of the molecule is Cc1ncccc1NC(=O)Nc1ccc(C(C)N)cc1. The molecular formula is C15H18N4O. The maximum atomic E-state index is 11.9. The Morgan fingerprint density at radius 2 is 1.90 bits per heavy atom. The molecule has 0 radical (unpaired) electrons. The zero-order valence-electron chi connectivity index (χ0n) is 11.6. The predicted octanol–water partition coefficient (Wildman–Crippen LogP) is 3.05. The summed E-state index contributed by atoms with van der Waals surface area (Å²) in [6, 6.07) is 10.7. The van der Waals surface area contributed by atoms with Gasteiger partial charge in [-0.3, -0.25) is 4.98 Å². The summed E-state index contributed by atoms with van der Waals surface area (Å²) in [5.41, 5.74) is 8.99. The van der Waals surface area contributed by atoms with Crippen molar-refractivity contribution in [1.29, 1.82) is 0 Å². The molecule has 0 fully saturated rings. The van der Waals surface area contributed by atoms with Gasteiger partial charge in [-0.2, -0.15) is 0 Å². The van der Waals surface area contributed by atoms with Gasteiger partial charge in [0, 0.05) is 17.9 Å². The molecule has 2 amide bonds. The van der Waals surface area contributed by atoms with Crippen LogP contribution in [0.25, 0.3) is 0 Å². The van der Waals surface area contributed by atoms with Gasteiger partial charge in [0.2, 0.25) is 0 Å². The van der Waals surface area contributed by atoms with Crippen LogP contribution >= 0.6 is 0 Å². The molecule has 0 bridgehead atoms. The number of hydrogen-bond donors (Lipinski definition) is 3. The number of anilines is 2. The normalized spacial score (nSPS) is 11.8. The number of rotatable bonds is 3. The van der Waals surface area contributed by atoms with Crippen LogP contribution in [0.2, 0.25) is 0 Å². The monoisotopic (exact) mass is 270 g/mol. The maximum Gasteiger partial charge on any atom is 0.323 e. The Hall–Kier alpha value is -2.40. The van der Waals surface area contributed by atoms with Crippen LogP contribution in [-0.2, 0) is 0 Å².